The number of β-amino-alcohol motifs (C(OH)–C–C–N with tert-alkyl or cyclic N) is 1. The average molecular weight is 633 g/mol. The predicted molar refractivity (Wildman–Crippen MR) is 159 cm³/mol. The third kappa shape index (κ3) is 5.42. The SMILES string of the molecule is CC(C)Cn1nc(N2CC(O)C2)c2cnc(-c3nn(C4CCCCO4)cc3NC(=O)N3CCC(O)(C(F)(F)F)CC34CC4)cc21. The number of aliphatic hydroxyl groups is 2. The minimum Gasteiger partial charge on any atom is -0.389 e. The average Bonchev–Trinajstić information content (AvgIpc) is 3.45. The third-order valence-electron chi connectivity index (χ3n) is 9.53. The highest BCUT2D eigenvalue weighted by molar-refractivity contribution is 5.96. The number of carbonyl (C=O) groups is 1. The lowest BCUT2D eigenvalue weighted by Gasteiger charge is -2.45. The molecule has 2 unspecified atom stereocenters. The van der Waals surface area contributed by atoms with Crippen molar-refractivity contribution in [2.45, 2.75) is 95.0 Å². The molecule has 3 aliphatic heterocycles. The Bertz CT molecular complexity index is 1590. The van der Waals surface area contributed by atoms with Crippen LogP contribution in [0, 0.1) is 5.92 Å². The fourth-order valence-electron chi connectivity index (χ4n) is 6.88. The summed E-state index contributed by atoms with van der Waals surface area (Å²) in [7, 11) is 0. The van der Waals surface area contributed by atoms with Crippen molar-refractivity contribution in [3.63, 3.8) is 0 Å². The van der Waals surface area contributed by atoms with E-state index in [0.717, 1.165) is 36.0 Å². The number of alkyl halides is 3. The summed E-state index contributed by atoms with van der Waals surface area (Å²) in [6, 6.07) is 1.35. The molecule has 3 saturated heterocycles. The second-order valence-electron chi connectivity index (χ2n) is 13.5. The lowest BCUT2D eigenvalue weighted by atomic mass is 9.84. The van der Waals surface area contributed by atoms with E-state index in [2.05, 4.69) is 19.2 Å². The van der Waals surface area contributed by atoms with E-state index in [1.54, 1.807) is 17.1 Å². The van der Waals surface area contributed by atoms with Gasteiger partial charge in [-0.3, -0.25) is 9.67 Å². The molecule has 1 spiro atoms. The number of rotatable bonds is 6. The van der Waals surface area contributed by atoms with Crippen LogP contribution in [-0.4, -0.2) is 95.4 Å². The van der Waals surface area contributed by atoms with E-state index in [9.17, 15) is 28.2 Å². The van der Waals surface area contributed by atoms with Crippen LogP contribution >= 0.6 is 0 Å². The number of hydrogen-bond donors (Lipinski definition) is 3. The number of hydrogen-bond acceptors (Lipinski definition) is 8. The van der Waals surface area contributed by atoms with Crippen LogP contribution in [0.2, 0.25) is 0 Å². The number of anilines is 2. The minimum atomic E-state index is -4.76. The number of fused-ring (bicyclic) bond motifs is 1. The quantitative estimate of drug-likeness (QED) is 0.367. The second-order valence-corrected chi connectivity index (χ2v) is 13.5. The van der Waals surface area contributed by atoms with E-state index in [-0.39, 0.29) is 12.8 Å². The number of nitrogens with one attached hydrogen (secondary N) is 1. The first-order valence-corrected chi connectivity index (χ1v) is 15.7. The Hall–Kier alpha value is -3.43. The van der Waals surface area contributed by atoms with Crippen molar-refractivity contribution in [3.8, 4) is 11.4 Å². The van der Waals surface area contributed by atoms with Gasteiger partial charge < -0.3 is 30.1 Å². The van der Waals surface area contributed by atoms with E-state index >= 15 is 0 Å². The van der Waals surface area contributed by atoms with Crippen LogP contribution in [0.15, 0.2) is 18.5 Å². The molecule has 7 rings (SSSR count). The topological polar surface area (TPSA) is 134 Å². The first-order chi connectivity index (χ1) is 21.4. The third-order valence-corrected chi connectivity index (χ3v) is 9.53. The maximum atomic E-state index is 13.7. The first kappa shape index (κ1) is 30.2. The van der Waals surface area contributed by atoms with Crippen LogP contribution in [0.1, 0.15) is 65.0 Å². The van der Waals surface area contributed by atoms with Crippen molar-refractivity contribution in [1.29, 1.82) is 0 Å². The van der Waals surface area contributed by atoms with Crippen LogP contribution in [0.25, 0.3) is 22.3 Å². The van der Waals surface area contributed by atoms with E-state index in [1.165, 1.54) is 4.90 Å². The highest BCUT2D eigenvalue weighted by Crippen LogP contribution is 2.55. The van der Waals surface area contributed by atoms with Gasteiger partial charge >= 0.3 is 12.2 Å². The zero-order valence-electron chi connectivity index (χ0n) is 25.4. The monoisotopic (exact) mass is 632 g/mol. The molecule has 3 N–H and O–H groups in total. The van der Waals surface area contributed by atoms with E-state index < -0.39 is 42.3 Å². The number of aromatic nitrogens is 5. The zero-order chi connectivity index (χ0) is 31.7. The zero-order valence-corrected chi connectivity index (χ0v) is 25.4. The van der Waals surface area contributed by atoms with Crippen LogP contribution in [0.5, 0.6) is 0 Å². The summed E-state index contributed by atoms with van der Waals surface area (Å²) in [4.78, 5) is 21.9. The van der Waals surface area contributed by atoms with E-state index in [0.29, 0.717) is 62.1 Å². The largest absolute Gasteiger partial charge is 0.417 e. The normalized spacial score (nSPS) is 25.3. The Morgan fingerprint density at radius 1 is 1.20 bits per heavy atom. The molecule has 4 aliphatic rings. The van der Waals surface area contributed by atoms with Crippen LogP contribution in [0.3, 0.4) is 0 Å². The molecule has 244 valence electrons. The Morgan fingerprint density at radius 2 is 1.98 bits per heavy atom. The highest BCUT2D eigenvalue weighted by Gasteiger charge is 2.65. The van der Waals surface area contributed by atoms with Crippen molar-refractivity contribution in [3.05, 3.63) is 18.5 Å². The molecular formula is C30H39F3N8O4. The lowest BCUT2D eigenvalue weighted by molar-refractivity contribution is -0.277. The van der Waals surface area contributed by atoms with Gasteiger partial charge in [0.15, 0.2) is 11.4 Å². The van der Waals surface area contributed by atoms with Gasteiger partial charge in [0.05, 0.1) is 34.6 Å². The van der Waals surface area contributed by atoms with Gasteiger partial charge in [-0.05, 0) is 44.1 Å². The maximum absolute atomic E-state index is 13.7. The van der Waals surface area contributed by atoms with Gasteiger partial charge in [-0.2, -0.15) is 23.4 Å². The van der Waals surface area contributed by atoms with E-state index in [1.807, 2.05) is 15.6 Å². The van der Waals surface area contributed by atoms with Crippen LogP contribution < -0.4 is 10.2 Å². The first-order valence-electron chi connectivity index (χ1n) is 15.7. The summed E-state index contributed by atoms with van der Waals surface area (Å²) in [6.45, 7) is 6.23. The predicted octanol–water partition coefficient (Wildman–Crippen LogP) is 4.28. The Kier molecular flexibility index (Phi) is 7.28. The number of aliphatic hydroxyl groups excluding tert-OH is 1. The summed E-state index contributed by atoms with van der Waals surface area (Å²) in [5, 5.41) is 33.7. The number of likely N-dealkylation sites (tertiary alicyclic amines) is 1. The fourth-order valence-corrected chi connectivity index (χ4v) is 6.88. The molecule has 1 aliphatic carbocycles. The molecule has 15 heteroatoms. The molecule has 0 bridgehead atoms. The number of pyridine rings is 1. The van der Waals surface area contributed by atoms with Crippen molar-refractivity contribution in [2.24, 2.45) is 5.92 Å². The summed E-state index contributed by atoms with van der Waals surface area (Å²) in [6.07, 6.45) is 0.294. The lowest BCUT2D eigenvalue weighted by Crippen LogP contribution is -2.60. The molecular weight excluding hydrogens is 593 g/mol. The van der Waals surface area contributed by atoms with Crippen molar-refractivity contribution < 1.29 is 32.9 Å². The van der Waals surface area contributed by atoms with E-state index in [4.69, 9.17) is 19.9 Å². The number of ether oxygens (including phenoxy) is 1. The molecule has 0 radical (unpaired) electrons. The molecule has 4 fully saturated rings. The molecule has 6 heterocycles. The second kappa shape index (κ2) is 10.8. The summed E-state index contributed by atoms with van der Waals surface area (Å²) >= 11 is 0. The van der Waals surface area contributed by atoms with Crippen LogP contribution in [-0.2, 0) is 11.3 Å². The number of carbonyl (C=O) groups excluding carboxylic acids is 1. The molecule has 45 heavy (non-hydrogen) atoms. The number of halogens is 3. The van der Waals surface area contributed by atoms with Gasteiger partial charge in [0, 0.05) is 57.4 Å². The van der Waals surface area contributed by atoms with Crippen LogP contribution in [0.4, 0.5) is 29.5 Å². The molecule has 2 atom stereocenters. The summed E-state index contributed by atoms with van der Waals surface area (Å²) in [5.41, 5.74) is -1.72. The molecule has 3 aromatic heterocycles. The van der Waals surface area contributed by atoms with Crippen molar-refractivity contribution in [1.82, 2.24) is 29.4 Å². The van der Waals surface area contributed by atoms with Gasteiger partial charge in [-0.1, -0.05) is 13.8 Å². The Labute approximate surface area is 258 Å². The minimum absolute atomic E-state index is 0.219. The summed E-state index contributed by atoms with van der Waals surface area (Å²) in [5.74, 6) is 1.06. The van der Waals surface area contributed by atoms with Gasteiger partial charge in [-0.15, -0.1) is 0 Å². The standard InChI is InChI=1S/C30H39F3N8O4/c1-18(2)13-40-23-11-21(34-12-20(23)26(37-40)38-14-19(42)15-38)25-22(16-41(36-25)24-5-3-4-10-45-24)35-27(43)39-9-8-29(44,30(31,32)33)17-28(39)6-7-28/h11-12,16,18-19,24,42,44H,3-10,13-15,17H2,1-2H3,(H,35,43). The van der Waals surface area contributed by atoms with Crippen molar-refractivity contribution in [2.75, 3.05) is 36.5 Å². The van der Waals surface area contributed by atoms with Gasteiger partial charge in [0.1, 0.15) is 11.9 Å². The number of nitrogens with zero attached hydrogens (tertiary/aromatic N) is 7. The van der Waals surface area contributed by atoms with Gasteiger partial charge in [-0.25, -0.2) is 9.48 Å². The molecule has 0 aromatic carbocycles. The molecule has 1 saturated carbocycles. The molecule has 12 nitrogen and oxygen atoms in total. The maximum Gasteiger partial charge on any atom is 0.417 e. The molecule has 3 aromatic rings. The smallest absolute Gasteiger partial charge is 0.389 e. The number of amides is 2. The Balaban J connectivity index is 1.23. The Morgan fingerprint density at radius 3 is 2.62 bits per heavy atom. The van der Waals surface area contributed by atoms with Crippen molar-refractivity contribution >= 4 is 28.4 Å². The highest BCUT2D eigenvalue weighted by atomic mass is 19.4. The van der Waals surface area contributed by atoms with Gasteiger partial charge in [0.25, 0.3) is 0 Å². The molecule has 2 amide bonds. The van der Waals surface area contributed by atoms with Gasteiger partial charge in [0.2, 0.25) is 0 Å². The summed E-state index contributed by atoms with van der Waals surface area (Å²) < 4.78 is 50.6. The number of piperidine rings is 1. The number of urea groups is 1. The fraction of sp³-hybridized carbons (Fsp3) is 0.667.